The Balaban J connectivity index is 2.69. The fourth-order valence-electron chi connectivity index (χ4n) is 2.24. The van der Waals surface area contributed by atoms with Crippen LogP contribution >= 0.6 is 0 Å². The molecule has 95 valence electrons. The molecule has 0 aliphatic heterocycles. The summed E-state index contributed by atoms with van der Waals surface area (Å²) < 4.78 is 6.36. The van der Waals surface area contributed by atoms with Gasteiger partial charge in [-0.1, -0.05) is 0 Å². The zero-order valence-corrected chi connectivity index (χ0v) is 15.4. The van der Waals surface area contributed by atoms with Crippen molar-refractivity contribution < 1.29 is 4.43 Å². The Hall–Kier alpha value is -0.764. The third kappa shape index (κ3) is 3.41. The number of rotatable bonds is 2. The Morgan fingerprint density at radius 3 is 2.42 bits per heavy atom. The van der Waals surface area contributed by atoms with Crippen LogP contribution in [0.15, 0.2) is 36.4 Å². The molecule has 0 aromatic heterocycles. The summed E-state index contributed by atoms with van der Waals surface area (Å²) in [6.07, 6.45) is 0. The van der Waals surface area contributed by atoms with E-state index in [1.54, 1.807) is 0 Å². The van der Waals surface area contributed by atoms with Gasteiger partial charge in [-0.25, -0.2) is 0 Å². The van der Waals surface area contributed by atoms with E-state index in [0.29, 0.717) is 6.61 Å². The summed E-state index contributed by atoms with van der Waals surface area (Å²) >= 11 is -2.15. The van der Waals surface area contributed by atoms with Crippen molar-refractivity contribution in [3.8, 4) is 11.8 Å². The van der Waals surface area contributed by atoms with Crippen LogP contribution in [0.5, 0.6) is 0 Å². The number of fused-ring (bicyclic) bond motifs is 1. The van der Waals surface area contributed by atoms with E-state index in [-0.39, 0.29) is 0 Å². The van der Waals surface area contributed by atoms with Gasteiger partial charge in [-0.15, -0.1) is 0 Å². The molecule has 0 fully saturated rings. The van der Waals surface area contributed by atoms with E-state index in [4.69, 9.17) is 4.43 Å². The first-order chi connectivity index (χ1) is 9.04. The van der Waals surface area contributed by atoms with E-state index in [1.807, 2.05) is 0 Å². The minimum absolute atomic E-state index is 0.397. The Kier molecular flexibility index (Phi) is 4.72. The van der Waals surface area contributed by atoms with Gasteiger partial charge in [0.15, 0.2) is 0 Å². The van der Waals surface area contributed by atoms with E-state index < -0.39 is 18.4 Å². The molecule has 3 heteroatoms. The molecule has 0 atom stereocenters. The van der Waals surface area contributed by atoms with Gasteiger partial charge >= 0.3 is 123 Å². The molecule has 0 unspecified atom stereocenters. The fraction of sp³-hybridized carbons (Fsp3) is 0.250. The molecule has 0 aliphatic carbocycles. The van der Waals surface area contributed by atoms with Crippen molar-refractivity contribution in [1.29, 1.82) is 0 Å². The van der Waals surface area contributed by atoms with Crippen molar-refractivity contribution in [2.45, 2.75) is 14.8 Å². The second kappa shape index (κ2) is 6.12. The molecule has 0 amide bonds. The summed E-state index contributed by atoms with van der Waals surface area (Å²) in [6.45, 7) is 0.397. The van der Waals surface area contributed by atoms with Crippen molar-refractivity contribution in [3.63, 3.8) is 0 Å². The molecule has 2 aromatic carbocycles. The van der Waals surface area contributed by atoms with Crippen molar-refractivity contribution in [3.05, 3.63) is 42.0 Å². The van der Waals surface area contributed by atoms with Gasteiger partial charge in [0.25, 0.3) is 0 Å². The zero-order valence-electron chi connectivity index (χ0n) is 11.6. The first-order valence-electron chi connectivity index (χ1n) is 6.33. The molecule has 2 rings (SSSR count). The average molecular weight is 372 g/mol. The molecular weight excluding hydrogens is 355 g/mol. The van der Waals surface area contributed by atoms with Gasteiger partial charge in [0, 0.05) is 0 Å². The van der Waals surface area contributed by atoms with Crippen molar-refractivity contribution in [1.82, 2.24) is 0 Å². The molecule has 2 aromatic rings. The summed E-state index contributed by atoms with van der Waals surface area (Å²) in [5.41, 5.74) is 1.11. The van der Waals surface area contributed by atoms with Crippen LogP contribution in [0.1, 0.15) is 5.56 Å². The molecule has 0 saturated heterocycles. The van der Waals surface area contributed by atoms with E-state index in [1.165, 1.54) is 14.4 Å². The molecule has 0 aliphatic rings. The number of hydrogen-bond acceptors (Lipinski definition) is 1. The molecule has 19 heavy (non-hydrogen) atoms. The van der Waals surface area contributed by atoms with E-state index in [2.05, 4.69) is 73.5 Å². The molecule has 3 radical (unpaired) electrons. The maximum atomic E-state index is 4.82. The second-order valence-electron chi connectivity index (χ2n) is 5.55. The Bertz CT molecular complexity index is 642. The third-order valence-corrected chi connectivity index (χ3v) is 9.03. The Labute approximate surface area is 122 Å². The van der Waals surface area contributed by atoms with Gasteiger partial charge in [0.05, 0.1) is 0 Å². The second-order valence-corrected chi connectivity index (χ2v) is 20.2. The van der Waals surface area contributed by atoms with Crippen molar-refractivity contribution in [2.24, 2.45) is 0 Å². The first kappa shape index (κ1) is 14.6. The van der Waals surface area contributed by atoms with Crippen LogP contribution in [0.25, 0.3) is 10.8 Å². The van der Waals surface area contributed by atoms with E-state index >= 15 is 0 Å². The third-order valence-electron chi connectivity index (χ3n) is 3.08. The van der Waals surface area contributed by atoms with Gasteiger partial charge in [-0.05, 0) is 0 Å². The van der Waals surface area contributed by atoms with Crippen LogP contribution in [0, 0.1) is 11.8 Å². The molecule has 0 spiro atoms. The van der Waals surface area contributed by atoms with E-state index in [9.17, 15) is 0 Å². The van der Waals surface area contributed by atoms with Crippen LogP contribution in [-0.4, -0.2) is 35.5 Å². The molecule has 1 nitrogen and oxygen atoms in total. The maximum absolute atomic E-state index is 4.82. The molecule has 0 heterocycles. The quantitative estimate of drug-likeness (QED) is 0.582. The summed E-state index contributed by atoms with van der Waals surface area (Å²) in [7, 11) is 2.97. The van der Waals surface area contributed by atoms with Crippen LogP contribution in [0.3, 0.4) is 0 Å². The van der Waals surface area contributed by atoms with Crippen molar-refractivity contribution in [2.75, 3.05) is 6.61 Å². The molecule has 0 bridgehead atoms. The van der Waals surface area contributed by atoms with Crippen LogP contribution in [-0.2, 0) is 4.43 Å². The SMILES string of the molecule is [CH3][Sn]([CH3])([CH3])[c]1cccc2cccc(C#CCO[Si])c12. The minimum atomic E-state index is -2.15. The Morgan fingerprint density at radius 1 is 1.11 bits per heavy atom. The molecule has 0 N–H and O–H groups in total. The van der Waals surface area contributed by atoms with Crippen LogP contribution in [0.4, 0.5) is 0 Å². The summed E-state index contributed by atoms with van der Waals surface area (Å²) in [4.78, 5) is 7.32. The molecule has 0 saturated carbocycles. The summed E-state index contributed by atoms with van der Waals surface area (Å²) in [6, 6.07) is 13.0. The summed E-state index contributed by atoms with van der Waals surface area (Å²) in [5, 5.41) is 2.63. The Morgan fingerprint density at radius 2 is 1.79 bits per heavy atom. The van der Waals surface area contributed by atoms with Gasteiger partial charge in [-0.3, -0.25) is 0 Å². The monoisotopic (exact) mass is 373 g/mol. The van der Waals surface area contributed by atoms with Crippen LogP contribution in [0.2, 0.25) is 14.8 Å². The fourth-order valence-corrected chi connectivity index (χ4v) is 6.95. The standard InChI is InChI=1S/C13H8OSi.3CH3.Sn/c15-14-10-4-8-12-7-3-6-11-5-1-2-9-13(11)12;;;;/h1-3,5-7H,10H2;3*1H3;. The number of hydrogen-bond donors (Lipinski definition) is 0. The van der Waals surface area contributed by atoms with Gasteiger partial charge < -0.3 is 0 Å². The topological polar surface area (TPSA) is 9.23 Å². The number of benzene rings is 2. The van der Waals surface area contributed by atoms with Gasteiger partial charge in [-0.2, -0.15) is 0 Å². The predicted octanol–water partition coefficient (Wildman–Crippen LogP) is 2.84. The van der Waals surface area contributed by atoms with Crippen molar-refractivity contribution >= 4 is 43.2 Å². The van der Waals surface area contributed by atoms with E-state index in [0.717, 1.165) is 5.56 Å². The first-order valence-corrected chi connectivity index (χ1v) is 16.7. The van der Waals surface area contributed by atoms with Gasteiger partial charge in [0.2, 0.25) is 0 Å². The predicted molar refractivity (Wildman–Crippen MR) is 85.5 cm³/mol. The molecular formula is C16H17OSiSn. The van der Waals surface area contributed by atoms with Gasteiger partial charge in [0.1, 0.15) is 0 Å². The summed E-state index contributed by atoms with van der Waals surface area (Å²) in [5.74, 6) is 6.25. The van der Waals surface area contributed by atoms with Crippen LogP contribution < -0.4 is 3.58 Å². The average Bonchev–Trinajstić information content (AvgIpc) is 2.37. The zero-order chi connectivity index (χ0) is 13.9. The normalized spacial score (nSPS) is 11.2.